The van der Waals surface area contributed by atoms with Gasteiger partial charge in [-0.3, -0.25) is 0 Å². The van der Waals surface area contributed by atoms with E-state index in [-0.39, 0.29) is 0 Å². The molecule has 74 valence electrons. The Kier molecular flexibility index (Phi) is 2.46. The third kappa shape index (κ3) is 2.11. The van der Waals surface area contributed by atoms with Crippen LogP contribution in [0.25, 0.3) is 0 Å². The van der Waals surface area contributed by atoms with Crippen molar-refractivity contribution in [1.82, 2.24) is 0 Å². The Morgan fingerprint density at radius 1 is 1.23 bits per heavy atom. The summed E-state index contributed by atoms with van der Waals surface area (Å²) in [6.45, 7) is 8.35. The summed E-state index contributed by atoms with van der Waals surface area (Å²) in [5.74, 6) is 2.14. The van der Waals surface area contributed by atoms with Gasteiger partial charge in [-0.25, -0.2) is 0 Å². The largest absolute Gasteiger partial charge is 0.140 e. The maximum absolute atomic E-state index is 2.48. The lowest BCUT2D eigenvalue weighted by atomic mass is 9.42. The first kappa shape index (κ1) is 9.61. The smallest absolute Gasteiger partial charge is 0.0858 e. The molecule has 0 aromatic heterocycles. The topological polar surface area (TPSA) is 0 Å². The lowest BCUT2D eigenvalue weighted by molar-refractivity contribution is 0.597. The maximum Gasteiger partial charge on any atom is 0.140 e. The molecule has 0 aliphatic heterocycles. The van der Waals surface area contributed by atoms with Crippen LogP contribution in [0.1, 0.15) is 46.0 Å². The van der Waals surface area contributed by atoms with Crippen molar-refractivity contribution >= 4 is 6.71 Å². The average Bonchev–Trinajstić information content (AvgIpc) is 2.49. The van der Waals surface area contributed by atoms with Crippen LogP contribution in [0.15, 0.2) is 0 Å². The van der Waals surface area contributed by atoms with Gasteiger partial charge >= 0.3 is 0 Å². The Bertz CT molecular complexity index is 180. The first-order valence-corrected chi connectivity index (χ1v) is 6.09. The lowest BCUT2D eigenvalue weighted by Gasteiger charge is -2.14. The molecular formula is C12H23B. The van der Waals surface area contributed by atoms with Gasteiger partial charge in [-0.2, -0.15) is 0 Å². The third-order valence-electron chi connectivity index (χ3n) is 4.46. The van der Waals surface area contributed by atoms with Crippen molar-refractivity contribution in [1.29, 1.82) is 0 Å². The second kappa shape index (κ2) is 3.33. The zero-order valence-electron chi connectivity index (χ0n) is 9.47. The zero-order chi connectivity index (χ0) is 9.47. The van der Waals surface area contributed by atoms with Crippen molar-refractivity contribution in [2.75, 3.05) is 0 Å². The molecule has 1 unspecified atom stereocenters. The van der Waals surface area contributed by atoms with Crippen LogP contribution < -0.4 is 0 Å². The second-order valence-corrected chi connectivity index (χ2v) is 6.16. The molecule has 2 aliphatic carbocycles. The average molecular weight is 178 g/mol. The van der Waals surface area contributed by atoms with E-state index in [0.717, 1.165) is 18.4 Å². The van der Waals surface area contributed by atoms with Crippen LogP contribution >= 0.6 is 0 Å². The molecule has 0 aromatic rings. The van der Waals surface area contributed by atoms with E-state index in [1.807, 2.05) is 0 Å². The summed E-state index contributed by atoms with van der Waals surface area (Å²) in [6, 6.07) is 0. The van der Waals surface area contributed by atoms with Crippen molar-refractivity contribution in [2.45, 2.75) is 64.9 Å². The number of hydrogen-bond acceptors (Lipinski definition) is 0. The van der Waals surface area contributed by atoms with E-state index < -0.39 is 0 Å². The van der Waals surface area contributed by atoms with Gasteiger partial charge < -0.3 is 0 Å². The summed E-state index contributed by atoms with van der Waals surface area (Å²) < 4.78 is 0. The number of hydrogen-bond donors (Lipinski definition) is 0. The van der Waals surface area contributed by atoms with Crippen molar-refractivity contribution in [2.24, 2.45) is 11.3 Å². The molecule has 0 aromatic carbocycles. The van der Waals surface area contributed by atoms with Crippen molar-refractivity contribution in [3.63, 3.8) is 0 Å². The predicted molar refractivity (Wildman–Crippen MR) is 60.5 cm³/mol. The Labute approximate surface area is 83.6 Å². The summed E-state index contributed by atoms with van der Waals surface area (Å²) in [5, 5.41) is 0. The molecule has 2 rings (SSSR count). The molecule has 0 spiro atoms. The molecule has 0 amide bonds. The van der Waals surface area contributed by atoms with E-state index in [1.165, 1.54) is 38.4 Å². The Hall–Kier alpha value is 0.0649. The van der Waals surface area contributed by atoms with Crippen molar-refractivity contribution < 1.29 is 0 Å². The molecule has 0 radical (unpaired) electrons. The highest BCUT2D eigenvalue weighted by Crippen LogP contribution is 2.59. The van der Waals surface area contributed by atoms with Crippen molar-refractivity contribution in [3.8, 4) is 0 Å². The fourth-order valence-electron chi connectivity index (χ4n) is 3.42. The van der Waals surface area contributed by atoms with E-state index in [9.17, 15) is 0 Å². The highest BCUT2D eigenvalue weighted by molar-refractivity contribution is 6.60. The molecule has 13 heavy (non-hydrogen) atoms. The van der Waals surface area contributed by atoms with Gasteiger partial charge in [0.05, 0.1) is 0 Å². The SMILES string of the molecule is CB(CC1CCCC1)C1CC1(C)C. The highest BCUT2D eigenvalue weighted by atomic mass is 14.5. The molecule has 0 bridgehead atoms. The normalized spacial score (nSPS) is 32.1. The fraction of sp³-hybridized carbons (Fsp3) is 1.00. The Morgan fingerprint density at radius 3 is 2.23 bits per heavy atom. The quantitative estimate of drug-likeness (QED) is 0.570. The van der Waals surface area contributed by atoms with E-state index in [1.54, 1.807) is 0 Å². The minimum Gasteiger partial charge on any atom is -0.0858 e. The second-order valence-electron chi connectivity index (χ2n) is 6.16. The molecule has 2 aliphatic rings. The van der Waals surface area contributed by atoms with Gasteiger partial charge in [0.15, 0.2) is 0 Å². The highest BCUT2D eigenvalue weighted by Gasteiger charge is 2.49. The molecule has 1 heteroatoms. The molecule has 0 saturated heterocycles. The van der Waals surface area contributed by atoms with Gasteiger partial charge in [0.1, 0.15) is 6.71 Å². The maximum atomic E-state index is 2.48. The van der Waals surface area contributed by atoms with Gasteiger partial charge in [0, 0.05) is 0 Å². The predicted octanol–water partition coefficient (Wildman–Crippen LogP) is 4.10. The Balaban J connectivity index is 1.75. The van der Waals surface area contributed by atoms with Gasteiger partial charge in [0.25, 0.3) is 0 Å². The van der Waals surface area contributed by atoms with Crippen LogP contribution in [0.2, 0.25) is 19.0 Å². The molecular weight excluding hydrogens is 155 g/mol. The lowest BCUT2D eigenvalue weighted by Crippen LogP contribution is -2.14. The van der Waals surface area contributed by atoms with Crippen molar-refractivity contribution in [3.05, 3.63) is 0 Å². The third-order valence-corrected chi connectivity index (χ3v) is 4.46. The van der Waals surface area contributed by atoms with Crippen LogP contribution in [-0.2, 0) is 0 Å². The Morgan fingerprint density at radius 2 is 1.77 bits per heavy atom. The van der Waals surface area contributed by atoms with Crippen LogP contribution in [0, 0.1) is 11.3 Å². The van der Waals surface area contributed by atoms with Crippen LogP contribution in [0.5, 0.6) is 0 Å². The molecule has 2 saturated carbocycles. The minimum atomic E-state index is 0.692. The van der Waals surface area contributed by atoms with E-state index in [2.05, 4.69) is 20.7 Å². The first-order chi connectivity index (χ1) is 6.09. The van der Waals surface area contributed by atoms with Crippen LogP contribution in [0.3, 0.4) is 0 Å². The van der Waals surface area contributed by atoms with E-state index >= 15 is 0 Å². The zero-order valence-corrected chi connectivity index (χ0v) is 9.47. The van der Waals surface area contributed by atoms with E-state index in [0.29, 0.717) is 5.41 Å². The molecule has 1 atom stereocenters. The summed E-state index contributed by atoms with van der Waals surface area (Å²) in [6.07, 6.45) is 9.07. The standard InChI is InChI=1S/C12H23B/c1-12(2)8-11(12)13(3)9-10-6-4-5-7-10/h10-11H,4-9H2,1-3H3. The fourth-order valence-corrected chi connectivity index (χ4v) is 3.42. The van der Waals surface area contributed by atoms with Gasteiger partial charge in [0.2, 0.25) is 0 Å². The van der Waals surface area contributed by atoms with Gasteiger partial charge in [-0.05, 0) is 11.3 Å². The van der Waals surface area contributed by atoms with Gasteiger partial charge in [-0.1, -0.05) is 64.9 Å². The first-order valence-electron chi connectivity index (χ1n) is 6.09. The van der Waals surface area contributed by atoms with Crippen LogP contribution in [-0.4, -0.2) is 6.71 Å². The summed E-state index contributed by atoms with van der Waals surface area (Å²) >= 11 is 0. The summed E-state index contributed by atoms with van der Waals surface area (Å²) in [4.78, 5) is 0. The monoisotopic (exact) mass is 178 g/mol. The molecule has 0 N–H and O–H groups in total. The molecule has 0 heterocycles. The summed E-state index contributed by atoms with van der Waals surface area (Å²) in [7, 11) is 0. The van der Waals surface area contributed by atoms with E-state index in [4.69, 9.17) is 0 Å². The summed E-state index contributed by atoms with van der Waals surface area (Å²) in [5.41, 5.74) is 0.692. The van der Waals surface area contributed by atoms with Crippen LogP contribution in [0.4, 0.5) is 0 Å². The molecule has 0 nitrogen and oxygen atoms in total. The molecule has 2 fully saturated rings. The number of rotatable bonds is 3. The van der Waals surface area contributed by atoms with Gasteiger partial charge in [-0.15, -0.1) is 0 Å². The minimum absolute atomic E-state index is 0.692.